The van der Waals surface area contributed by atoms with Crippen LogP contribution in [0, 0.1) is 5.92 Å². The summed E-state index contributed by atoms with van der Waals surface area (Å²) in [5, 5.41) is 4.23. The van der Waals surface area contributed by atoms with Gasteiger partial charge >= 0.3 is 0 Å². The van der Waals surface area contributed by atoms with Gasteiger partial charge in [0.2, 0.25) is 0 Å². The maximum atomic E-state index is 6.13. The van der Waals surface area contributed by atoms with Gasteiger partial charge in [0, 0.05) is 11.1 Å². The van der Waals surface area contributed by atoms with Crippen molar-refractivity contribution in [1.82, 2.24) is 5.32 Å². The molecule has 1 N–H and O–H groups in total. The van der Waals surface area contributed by atoms with Crippen LogP contribution in [0.5, 0.6) is 0 Å². The van der Waals surface area contributed by atoms with Crippen molar-refractivity contribution in [2.45, 2.75) is 32.7 Å². The van der Waals surface area contributed by atoms with Gasteiger partial charge in [0.15, 0.2) is 0 Å². The molecule has 0 aliphatic rings. The average Bonchev–Trinajstić information content (AvgIpc) is 2.19. The SMILES string of the molecule is CNC(Cc1ccccc1Cl)CC(C)C. The lowest BCUT2D eigenvalue weighted by Gasteiger charge is -2.18. The van der Waals surface area contributed by atoms with E-state index in [9.17, 15) is 0 Å². The molecule has 1 nitrogen and oxygen atoms in total. The Morgan fingerprint density at radius 2 is 1.93 bits per heavy atom. The molecule has 0 saturated heterocycles. The number of hydrogen-bond acceptors (Lipinski definition) is 1. The minimum atomic E-state index is 0.518. The number of likely N-dealkylation sites (N-methyl/N-ethyl adjacent to an activating group) is 1. The molecule has 0 heterocycles. The molecule has 0 aromatic heterocycles. The van der Waals surface area contributed by atoms with Gasteiger partial charge in [0.1, 0.15) is 0 Å². The summed E-state index contributed by atoms with van der Waals surface area (Å²) in [6, 6.07) is 8.60. The third-order valence-corrected chi connectivity index (χ3v) is 2.96. The molecule has 0 amide bonds. The second kappa shape index (κ2) is 6.14. The number of benzene rings is 1. The third-order valence-electron chi connectivity index (χ3n) is 2.59. The van der Waals surface area contributed by atoms with Crippen LogP contribution in [0.15, 0.2) is 24.3 Å². The second-order valence-corrected chi connectivity index (χ2v) is 4.82. The molecule has 0 spiro atoms. The Bertz CT molecular complexity index is 296. The minimum Gasteiger partial charge on any atom is -0.317 e. The molecule has 1 atom stereocenters. The van der Waals surface area contributed by atoms with E-state index in [0.29, 0.717) is 12.0 Å². The van der Waals surface area contributed by atoms with Crippen molar-refractivity contribution in [3.8, 4) is 0 Å². The number of halogens is 1. The maximum absolute atomic E-state index is 6.13. The van der Waals surface area contributed by atoms with Crippen molar-refractivity contribution in [2.24, 2.45) is 5.92 Å². The average molecular weight is 226 g/mol. The van der Waals surface area contributed by atoms with Crippen molar-refractivity contribution < 1.29 is 0 Å². The van der Waals surface area contributed by atoms with Gasteiger partial charge in [-0.25, -0.2) is 0 Å². The summed E-state index contributed by atoms with van der Waals surface area (Å²) in [6.45, 7) is 4.49. The van der Waals surface area contributed by atoms with Gasteiger partial charge in [-0.05, 0) is 37.4 Å². The van der Waals surface area contributed by atoms with E-state index in [2.05, 4.69) is 25.2 Å². The first-order valence-corrected chi connectivity index (χ1v) is 5.92. The lowest BCUT2D eigenvalue weighted by atomic mass is 9.97. The standard InChI is InChI=1S/C13H20ClN/c1-10(2)8-12(15-3)9-11-6-4-5-7-13(11)14/h4-7,10,12,15H,8-9H2,1-3H3. The molecular formula is C13H20ClN. The van der Waals surface area contributed by atoms with Crippen LogP contribution in [0.1, 0.15) is 25.8 Å². The highest BCUT2D eigenvalue weighted by Crippen LogP contribution is 2.18. The van der Waals surface area contributed by atoms with E-state index in [1.54, 1.807) is 0 Å². The minimum absolute atomic E-state index is 0.518. The zero-order valence-electron chi connectivity index (χ0n) is 9.76. The van der Waals surface area contributed by atoms with E-state index < -0.39 is 0 Å². The summed E-state index contributed by atoms with van der Waals surface area (Å²) in [6.07, 6.45) is 2.19. The Kier molecular flexibility index (Phi) is 5.13. The summed E-state index contributed by atoms with van der Waals surface area (Å²) < 4.78 is 0. The van der Waals surface area contributed by atoms with E-state index in [1.807, 2.05) is 25.2 Å². The molecule has 0 radical (unpaired) electrons. The molecule has 15 heavy (non-hydrogen) atoms. The molecule has 1 aromatic rings. The number of nitrogens with one attached hydrogen (secondary N) is 1. The summed E-state index contributed by atoms with van der Waals surface area (Å²) >= 11 is 6.13. The Morgan fingerprint density at radius 1 is 1.27 bits per heavy atom. The molecular weight excluding hydrogens is 206 g/mol. The fraction of sp³-hybridized carbons (Fsp3) is 0.538. The summed E-state index contributed by atoms with van der Waals surface area (Å²) in [7, 11) is 2.02. The Balaban J connectivity index is 2.62. The summed E-state index contributed by atoms with van der Waals surface area (Å²) in [5.41, 5.74) is 1.24. The van der Waals surface area contributed by atoms with Crippen LogP contribution < -0.4 is 5.32 Å². The molecule has 2 heteroatoms. The smallest absolute Gasteiger partial charge is 0.0438 e. The van der Waals surface area contributed by atoms with Crippen molar-refractivity contribution in [1.29, 1.82) is 0 Å². The van der Waals surface area contributed by atoms with Gasteiger partial charge in [-0.15, -0.1) is 0 Å². The second-order valence-electron chi connectivity index (χ2n) is 4.41. The Hall–Kier alpha value is -0.530. The third kappa shape index (κ3) is 4.23. The molecule has 0 saturated carbocycles. The first-order valence-electron chi connectivity index (χ1n) is 5.54. The fourth-order valence-electron chi connectivity index (χ4n) is 1.80. The van der Waals surface area contributed by atoms with Crippen LogP contribution in [0.3, 0.4) is 0 Å². The zero-order chi connectivity index (χ0) is 11.3. The predicted molar refractivity (Wildman–Crippen MR) is 67.5 cm³/mol. The largest absolute Gasteiger partial charge is 0.317 e. The fourth-order valence-corrected chi connectivity index (χ4v) is 2.01. The van der Waals surface area contributed by atoms with Crippen LogP contribution in [0.4, 0.5) is 0 Å². The predicted octanol–water partition coefficient (Wildman–Crippen LogP) is 3.52. The number of hydrogen-bond donors (Lipinski definition) is 1. The highest BCUT2D eigenvalue weighted by atomic mass is 35.5. The number of rotatable bonds is 5. The maximum Gasteiger partial charge on any atom is 0.0438 e. The highest BCUT2D eigenvalue weighted by Gasteiger charge is 2.10. The first kappa shape index (κ1) is 12.5. The van der Waals surface area contributed by atoms with E-state index in [-0.39, 0.29) is 0 Å². The van der Waals surface area contributed by atoms with Crippen molar-refractivity contribution >= 4 is 11.6 Å². The normalized spacial score (nSPS) is 13.1. The highest BCUT2D eigenvalue weighted by molar-refractivity contribution is 6.31. The van der Waals surface area contributed by atoms with E-state index >= 15 is 0 Å². The van der Waals surface area contributed by atoms with Gasteiger partial charge in [-0.2, -0.15) is 0 Å². The lowest BCUT2D eigenvalue weighted by molar-refractivity contribution is 0.441. The molecule has 84 valence electrons. The topological polar surface area (TPSA) is 12.0 Å². The van der Waals surface area contributed by atoms with Crippen LogP contribution in [-0.4, -0.2) is 13.1 Å². The summed E-state index contributed by atoms with van der Waals surface area (Å²) in [4.78, 5) is 0. The van der Waals surface area contributed by atoms with E-state index in [4.69, 9.17) is 11.6 Å². The van der Waals surface area contributed by atoms with E-state index in [0.717, 1.165) is 11.4 Å². The molecule has 0 aliphatic carbocycles. The molecule has 1 aromatic carbocycles. The molecule has 1 unspecified atom stereocenters. The Labute approximate surface area is 97.8 Å². The lowest BCUT2D eigenvalue weighted by Crippen LogP contribution is -2.29. The summed E-state index contributed by atoms with van der Waals surface area (Å²) in [5.74, 6) is 0.713. The van der Waals surface area contributed by atoms with Crippen LogP contribution in [0.25, 0.3) is 0 Å². The van der Waals surface area contributed by atoms with Crippen molar-refractivity contribution in [2.75, 3.05) is 7.05 Å². The molecule has 0 fully saturated rings. The van der Waals surface area contributed by atoms with Gasteiger partial charge in [-0.1, -0.05) is 43.6 Å². The Morgan fingerprint density at radius 3 is 2.47 bits per heavy atom. The van der Waals surface area contributed by atoms with E-state index in [1.165, 1.54) is 12.0 Å². The zero-order valence-corrected chi connectivity index (χ0v) is 10.5. The van der Waals surface area contributed by atoms with Crippen LogP contribution in [0.2, 0.25) is 5.02 Å². The quantitative estimate of drug-likeness (QED) is 0.809. The van der Waals surface area contributed by atoms with Gasteiger partial charge in [0.25, 0.3) is 0 Å². The monoisotopic (exact) mass is 225 g/mol. The van der Waals surface area contributed by atoms with Crippen molar-refractivity contribution in [3.63, 3.8) is 0 Å². The first-order chi connectivity index (χ1) is 7.13. The molecule has 1 rings (SSSR count). The van der Waals surface area contributed by atoms with Crippen molar-refractivity contribution in [3.05, 3.63) is 34.9 Å². The van der Waals surface area contributed by atoms with Gasteiger partial charge < -0.3 is 5.32 Å². The molecule has 0 aliphatic heterocycles. The van der Waals surface area contributed by atoms with Crippen LogP contribution >= 0.6 is 11.6 Å². The van der Waals surface area contributed by atoms with Gasteiger partial charge in [0.05, 0.1) is 0 Å². The molecule has 0 bridgehead atoms. The van der Waals surface area contributed by atoms with Crippen LogP contribution in [-0.2, 0) is 6.42 Å². The van der Waals surface area contributed by atoms with Gasteiger partial charge in [-0.3, -0.25) is 0 Å².